The van der Waals surface area contributed by atoms with E-state index in [-0.39, 0.29) is 24.2 Å². The third-order valence-corrected chi connectivity index (χ3v) is 7.57. The summed E-state index contributed by atoms with van der Waals surface area (Å²) in [6, 6.07) is 22.5. The molecule has 3 aromatic carbocycles. The molecule has 0 bridgehead atoms. The second-order valence-electron chi connectivity index (χ2n) is 12.0. The molecule has 0 saturated heterocycles. The SMILES string of the molecule is COCC(=O)Cc1cc(Oc2ccc(NC(=O)Nc3cc(C(C)(C)C)nn3-c3ccc(NS(C)(=O)=O)cc3)c3ccccc23)ccn1. The summed E-state index contributed by atoms with van der Waals surface area (Å²) in [6.07, 6.45) is 2.80. The fraction of sp³-hybridized carbons (Fsp3) is 0.235. The first-order chi connectivity index (χ1) is 22.3. The molecule has 0 fully saturated rings. The topological polar surface area (TPSA) is 154 Å². The Kier molecular flexibility index (Phi) is 9.59. The molecule has 0 aliphatic heterocycles. The zero-order chi connectivity index (χ0) is 33.8. The van der Waals surface area contributed by atoms with Crippen LogP contribution in [-0.4, -0.2) is 55.0 Å². The van der Waals surface area contributed by atoms with Gasteiger partial charge in [0.25, 0.3) is 0 Å². The number of pyridine rings is 1. The number of sulfonamides is 1. The van der Waals surface area contributed by atoms with Crippen LogP contribution >= 0.6 is 0 Å². The normalized spacial score (nSPS) is 11.7. The largest absolute Gasteiger partial charge is 0.457 e. The van der Waals surface area contributed by atoms with Crippen LogP contribution in [0.3, 0.4) is 0 Å². The monoisotopic (exact) mass is 656 g/mol. The van der Waals surface area contributed by atoms with Gasteiger partial charge in [-0.3, -0.25) is 19.8 Å². The van der Waals surface area contributed by atoms with Crippen LogP contribution in [-0.2, 0) is 31.4 Å². The number of nitrogens with zero attached hydrogens (tertiary/aromatic N) is 3. The van der Waals surface area contributed by atoms with Crippen LogP contribution in [0.4, 0.5) is 22.0 Å². The van der Waals surface area contributed by atoms with Gasteiger partial charge in [-0.1, -0.05) is 45.0 Å². The van der Waals surface area contributed by atoms with Crippen LogP contribution in [0.1, 0.15) is 32.2 Å². The van der Waals surface area contributed by atoms with Gasteiger partial charge in [0, 0.05) is 47.3 Å². The van der Waals surface area contributed by atoms with Crippen molar-refractivity contribution < 1.29 is 27.5 Å². The molecule has 0 saturated carbocycles. The molecule has 0 unspecified atom stereocenters. The van der Waals surface area contributed by atoms with E-state index in [1.807, 2.05) is 51.1 Å². The minimum Gasteiger partial charge on any atom is -0.457 e. The minimum atomic E-state index is -3.43. The third kappa shape index (κ3) is 8.51. The van der Waals surface area contributed by atoms with Gasteiger partial charge >= 0.3 is 6.03 Å². The summed E-state index contributed by atoms with van der Waals surface area (Å²) in [6.45, 7) is 6.07. The molecule has 0 aliphatic carbocycles. The number of Topliss-reactive ketones (excluding diaryl/α,β-unsaturated/α-hetero) is 1. The van der Waals surface area contributed by atoms with Crippen molar-refractivity contribution in [1.29, 1.82) is 0 Å². The van der Waals surface area contributed by atoms with Crippen molar-refractivity contribution in [3.05, 3.63) is 96.4 Å². The maximum Gasteiger partial charge on any atom is 0.324 e. The van der Waals surface area contributed by atoms with Crippen LogP contribution in [0.15, 0.2) is 85.1 Å². The molecule has 2 amide bonds. The summed E-state index contributed by atoms with van der Waals surface area (Å²) in [4.78, 5) is 29.7. The number of fused-ring (bicyclic) bond motifs is 1. The number of aromatic nitrogens is 3. The average Bonchev–Trinajstić information content (AvgIpc) is 3.42. The Morgan fingerprint density at radius 3 is 2.32 bits per heavy atom. The predicted molar refractivity (Wildman–Crippen MR) is 182 cm³/mol. The molecular weight excluding hydrogens is 620 g/mol. The third-order valence-electron chi connectivity index (χ3n) is 6.97. The minimum absolute atomic E-state index is 0.0116. The molecule has 12 nitrogen and oxygen atoms in total. The van der Waals surface area contributed by atoms with Gasteiger partial charge in [0.15, 0.2) is 5.78 Å². The molecule has 3 N–H and O–H groups in total. The highest BCUT2D eigenvalue weighted by Gasteiger charge is 2.22. The first-order valence-electron chi connectivity index (χ1n) is 14.7. The summed E-state index contributed by atoms with van der Waals surface area (Å²) < 4.78 is 38.4. The van der Waals surface area contributed by atoms with E-state index in [0.717, 1.165) is 22.7 Å². The highest BCUT2D eigenvalue weighted by molar-refractivity contribution is 7.92. The zero-order valence-electron chi connectivity index (χ0n) is 26.7. The molecule has 47 heavy (non-hydrogen) atoms. The molecule has 0 aliphatic rings. The number of nitrogens with one attached hydrogen (secondary N) is 3. The van der Waals surface area contributed by atoms with E-state index in [1.165, 1.54) is 7.11 Å². The molecular formula is C34H36N6O6S. The number of amides is 2. The Labute approximate surface area is 273 Å². The van der Waals surface area contributed by atoms with E-state index in [1.54, 1.807) is 59.4 Å². The molecule has 13 heteroatoms. The van der Waals surface area contributed by atoms with Crippen LogP contribution in [0.2, 0.25) is 0 Å². The first-order valence-corrected chi connectivity index (χ1v) is 16.6. The molecule has 0 radical (unpaired) electrons. The van der Waals surface area contributed by atoms with E-state index >= 15 is 0 Å². The van der Waals surface area contributed by atoms with Crippen molar-refractivity contribution in [1.82, 2.24) is 14.8 Å². The molecule has 2 aromatic heterocycles. The summed E-state index contributed by atoms with van der Waals surface area (Å²) in [5.74, 6) is 1.42. The Morgan fingerprint density at radius 1 is 0.915 bits per heavy atom. The van der Waals surface area contributed by atoms with Gasteiger partial charge < -0.3 is 14.8 Å². The number of hydrogen-bond donors (Lipinski definition) is 3. The van der Waals surface area contributed by atoms with E-state index in [4.69, 9.17) is 14.6 Å². The van der Waals surface area contributed by atoms with E-state index in [2.05, 4.69) is 20.3 Å². The van der Waals surface area contributed by atoms with Crippen LogP contribution in [0.5, 0.6) is 11.5 Å². The van der Waals surface area contributed by atoms with Crippen molar-refractivity contribution in [2.75, 3.05) is 35.3 Å². The smallest absolute Gasteiger partial charge is 0.324 e. The molecule has 5 rings (SSSR count). The molecule has 2 heterocycles. The van der Waals surface area contributed by atoms with Gasteiger partial charge in [0.05, 0.1) is 35.4 Å². The lowest BCUT2D eigenvalue weighted by Gasteiger charge is -2.15. The average molecular weight is 657 g/mol. The van der Waals surface area contributed by atoms with Crippen LogP contribution in [0.25, 0.3) is 16.5 Å². The van der Waals surface area contributed by atoms with Crippen molar-refractivity contribution in [2.24, 2.45) is 0 Å². The number of hydrogen-bond acceptors (Lipinski definition) is 8. The number of carbonyl (C=O) groups excluding carboxylic acids is 2. The highest BCUT2D eigenvalue weighted by Crippen LogP contribution is 2.35. The molecule has 5 aromatic rings. The van der Waals surface area contributed by atoms with Gasteiger partial charge in [0.1, 0.15) is 23.9 Å². The number of urea groups is 1. The molecule has 0 spiro atoms. The quantitative estimate of drug-likeness (QED) is 0.150. The lowest BCUT2D eigenvalue weighted by Crippen LogP contribution is -2.21. The second-order valence-corrected chi connectivity index (χ2v) is 13.7. The summed E-state index contributed by atoms with van der Waals surface area (Å²) in [7, 11) is -1.96. The fourth-order valence-electron chi connectivity index (χ4n) is 4.81. The lowest BCUT2D eigenvalue weighted by atomic mass is 9.92. The number of ketones is 1. The standard InChI is InChI=1S/C34H36N6O6S/c1-34(2,3)31-20-32(40(38-31)24-12-10-22(11-13-24)39-47(5,43)44)37-33(42)36-29-14-15-30(28-9-7-6-8-27(28)29)46-26-16-17-35-23(19-26)18-25(41)21-45-4/h6-17,19-20,39H,18,21H2,1-5H3,(H2,36,37,42). The van der Waals surface area contributed by atoms with Gasteiger partial charge in [-0.25, -0.2) is 17.9 Å². The highest BCUT2D eigenvalue weighted by atomic mass is 32.2. The Morgan fingerprint density at radius 2 is 1.64 bits per heavy atom. The number of benzene rings is 3. The number of rotatable bonds is 11. The van der Waals surface area contributed by atoms with Crippen molar-refractivity contribution in [3.63, 3.8) is 0 Å². The maximum absolute atomic E-state index is 13.4. The van der Waals surface area contributed by atoms with Gasteiger partial charge in [-0.05, 0) is 42.5 Å². The van der Waals surface area contributed by atoms with E-state index in [9.17, 15) is 18.0 Å². The predicted octanol–water partition coefficient (Wildman–Crippen LogP) is 6.28. The van der Waals surface area contributed by atoms with Crippen LogP contribution < -0.4 is 20.1 Å². The summed E-state index contributed by atoms with van der Waals surface area (Å²) in [5, 5.41) is 12.1. The molecule has 244 valence electrons. The zero-order valence-corrected chi connectivity index (χ0v) is 27.5. The van der Waals surface area contributed by atoms with Crippen molar-refractivity contribution in [3.8, 4) is 17.2 Å². The second kappa shape index (κ2) is 13.6. The summed E-state index contributed by atoms with van der Waals surface area (Å²) in [5.41, 5.74) is 2.61. The number of carbonyl (C=O) groups is 2. The van der Waals surface area contributed by atoms with Crippen LogP contribution in [0, 0.1) is 0 Å². The van der Waals surface area contributed by atoms with Gasteiger partial charge in [0.2, 0.25) is 10.0 Å². The first kappa shape index (κ1) is 33.1. The Balaban J connectivity index is 1.38. The van der Waals surface area contributed by atoms with Gasteiger partial charge in [-0.2, -0.15) is 5.10 Å². The Hall–Kier alpha value is -5.27. The lowest BCUT2D eigenvalue weighted by molar-refractivity contribution is -0.122. The van der Waals surface area contributed by atoms with Gasteiger partial charge in [-0.15, -0.1) is 0 Å². The maximum atomic E-state index is 13.4. The number of ether oxygens (including phenoxy) is 2. The van der Waals surface area contributed by atoms with E-state index in [0.29, 0.717) is 40.1 Å². The van der Waals surface area contributed by atoms with E-state index < -0.39 is 16.1 Å². The number of anilines is 3. The summed E-state index contributed by atoms with van der Waals surface area (Å²) >= 11 is 0. The fourth-order valence-corrected chi connectivity index (χ4v) is 5.38. The van der Waals surface area contributed by atoms with Crippen molar-refractivity contribution >= 4 is 49.8 Å². The van der Waals surface area contributed by atoms with Crippen molar-refractivity contribution in [2.45, 2.75) is 32.6 Å². The number of methoxy groups -OCH3 is 1. The molecule has 0 atom stereocenters. The Bertz CT molecular complexity index is 2030.